The molecule has 1 N–H and O–H groups in total. The van der Waals surface area contributed by atoms with Gasteiger partial charge in [-0.3, -0.25) is 5.41 Å². The van der Waals surface area contributed by atoms with Crippen LogP contribution in [0.3, 0.4) is 0 Å². The van der Waals surface area contributed by atoms with Crippen LogP contribution in [0.15, 0.2) is 36.4 Å². The lowest BCUT2D eigenvalue weighted by molar-refractivity contribution is 0.288. The van der Waals surface area contributed by atoms with Crippen LogP contribution >= 0.6 is 0 Å². The lowest BCUT2D eigenvalue weighted by Gasteiger charge is -2.25. The summed E-state index contributed by atoms with van der Waals surface area (Å²) < 4.78 is 24.3. The molecule has 0 amide bonds. The lowest BCUT2D eigenvalue weighted by atomic mass is 9.92. The molecule has 0 spiro atoms. The first-order valence-electron chi connectivity index (χ1n) is 11.3. The molecule has 7 heteroatoms. The van der Waals surface area contributed by atoms with Crippen molar-refractivity contribution in [2.75, 3.05) is 27.9 Å². The molecule has 0 radical (unpaired) electrons. The van der Waals surface area contributed by atoms with E-state index in [0.29, 0.717) is 47.3 Å². The summed E-state index contributed by atoms with van der Waals surface area (Å²) in [7, 11) is 4.83. The monoisotopic (exact) mass is 459 g/mol. The molecule has 1 aromatic heterocycles. The van der Waals surface area contributed by atoms with Crippen molar-refractivity contribution in [3.63, 3.8) is 0 Å². The Morgan fingerprint density at radius 2 is 1.65 bits per heavy atom. The minimum Gasteiger partial charge on any atom is -0.493 e. The zero-order valence-corrected chi connectivity index (χ0v) is 20.0. The maximum Gasteiger partial charge on any atom is 0.161 e. The molecule has 176 valence electrons. The molecule has 2 aromatic carbocycles. The van der Waals surface area contributed by atoms with Gasteiger partial charge in [0.15, 0.2) is 23.0 Å². The quantitative estimate of drug-likeness (QED) is 0.482. The smallest absolute Gasteiger partial charge is 0.161 e. The number of unbranched alkanes of at least 4 members (excludes halogenated alkanes) is 1. The summed E-state index contributed by atoms with van der Waals surface area (Å²) in [5.74, 6) is 2.57. The second-order valence-corrected chi connectivity index (χ2v) is 8.11. The van der Waals surface area contributed by atoms with Gasteiger partial charge in [0, 0.05) is 17.7 Å². The largest absolute Gasteiger partial charge is 0.493 e. The first-order valence-corrected chi connectivity index (χ1v) is 11.3. The number of methoxy groups -OCH3 is 3. The number of pyridine rings is 1. The fraction of sp³-hybridized carbons (Fsp3) is 0.333. The highest BCUT2D eigenvalue weighted by molar-refractivity contribution is 5.79. The van der Waals surface area contributed by atoms with Gasteiger partial charge in [0.25, 0.3) is 0 Å². The van der Waals surface area contributed by atoms with Crippen molar-refractivity contribution in [3.05, 3.63) is 53.0 Å². The number of ether oxygens (including phenoxy) is 4. The van der Waals surface area contributed by atoms with E-state index in [4.69, 9.17) is 24.4 Å². The van der Waals surface area contributed by atoms with E-state index in [9.17, 15) is 5.26 Å². The molecule has 2 heterocycles. The topological polar surface area (TPSA) is 89.5 Å². The Balaban J connectivity index is 1.88. The number of nitriles is 1. The summed E-state index contributed by atoms with van der Waals surface area (Å²) in [6.07, 6.45) is 2.74. The molecule has 0 fully saturated rings. The third-order valence-electron chi connectivity index (χ3n) is 6.18. The Morgan fingerprint density at radius 3 is 2.32 bits per heavy atom. The predicted molar refractivity (Wildman–Crippen MR) is 130 cm³/mol. The molecule has 34 heavy (non-hydrogen) atoms. The number of aromatic nitrogens is 1. The second kappa shape index (κ2) is 9.92. The molecule has 1 aliphatic heterocycles. The van der Waals surface area contributed by atoms with E-state index in [2.05, 4.69) is 13.0 Å². The standard InChI is InChI=1S/C27H29N3O4/c1-5-6-11-34-23-8-7-17(12-24(23)31-2)19-14-22-20-15-26(33-4)25(32-3)13-18(20)9-10-30(22)27(29)21(19)16-28/h7-8,12-15,29H,5-6,9-11H2,1-4H3. The van der Waals surface area contributed by atoms with Crippen molar-refractivity contribution in [2.24, 2.45) is 0 Å². The number of benzene rings is 2. The normalized spacial score (nSPS) is 11.7. The van der Waals surface area contributed by atoms with Crippen LogP contribution < -0.4 is 24.4 Å². The molecular formula is C27H29N3O4. The van der Waals surface area contributed by atoms with Crippen LogP contribution in [0.1, 0.15) is 30.9 Å². The Hall–Kier alpha value is -3.92. The fourth-order valence-electron chi connectivity index (χ4n) is 4.35. The highest BCUT2D eigenvalue weighted by Crippen LogP contribution is 2.40. The van der Waals surface area contributed by atoms with Gasteiger partial charge in [-0.1, -0.05) is 19.4 Å². The van der Waals surface area contributed by atoms with Gasteiger partial charge in [0.2, 0.25) is 0 Å². The summed E-state index contributed by atoms with van der Waals surface area (Å²) in [5, 5.41) is 18.8. The first-order chi connectivity index (χ1) is 16.6. The van der Waals surface area contributed by atoms with Crippen LogP contribution in [-0.2, 0) is 13.0 Å². The van der Waals surface area contributed by atoms with Crippen LogP contribution in [-0.4, -0.2) is 32.5 Å². The van der Waals surface area contributed by atoms with Crippen molar-refractivity contribution in [2.45, 2.75) is 32.7 Å². The maximum absolute atomic E-state index is 9.96. The third-order valence-corrected chi connectivity index (χ3v) is 6.18. The molecule has 1 aliphatic rings. The van der Waals surface area contributed by atoms with Gasteiger partial charge in [-0.15, -0.1) is 0 Å². The van der Waals surface area contributed by atoms with Crippen molar-refractivity contribution < 1.29 is 18.9 Å². The maximum atomic E-state index is 9.96. The molecule has 0 saturated carbocycles. The minimum absolute atomic E-state index is 0.192. The van der Waals surface area contributed by atoms with E-state index in [0.717, 1.165) is 41.6 Å². The van der Waals surface area contributed by atoms with Crippen molar-refractivity contribution in [3.8, 4) is 51.5 Å². The van der Waals surface area contributed by atoms with Gasteiger partial charge in [0.1, 0.15) is 17.1 Å². The van der Waals surface area contributed by atoms with Gasteiger partial charge in [-0.2, -0.15) is 5.26 Å². The number of nitrogens with zero attached hydrogens (tertiary/aromatic N) is 2. The van der Waals surface area contributed by atoms with Gasteiger partial charge >= 0.3 is 0 Å². The van der Waals surface area contributed by atoms with Gasteiger partial charge in [-0.25, -0.2) is 0 Å². The van der Waals surface area contributed by atoms with Gasteiger partial charge < -0.3 is 23.5 Å². The van der Waals surface area contributed by atoms with E-state index >= 15 is 0 Å². The zero-order chi connectivity index (χ0) is 24.2. The summed E-state index contributed by atoms with van der Waals surface area (Å²) in [6.45, 7) is 3.34. The summed E-state index contributed by atoms with van der Waals surface area (Å²) in [6, 6.07) is 13.8. The number of hydrogen-bond acceptors (Lipinski definition) is 6. The van der Waals surface area contributed by atoms with Crippen LogP contribution in [0, 0.1) is 16.7 Å². The fourth-order valence-corrected chi connectivity index (χ4v) is 4.35. The van der Waals surface area contributed by atoms with E-state index in [-0.39, 0.29) is 5.49 Å². The Labute approximate surface area is 199 Å². The molecular weight excluding hydrogens is 430 g/mol. The van der Waals surface area contributed by atoms with E-state index in [1.165, 1.54) is 0 Å². The van der Waals surface area contributed by atoms with Crippen LogP contribution in [0.25, 0.3) is 22.4 Å². The molecule has 7 nitrogen and oxygen atoms in total. The van der Waals surface area contributed by atoms with Crippen LogP contribution in [0.4, 0.5) is 0 Å². The van der Waals surface area contributed by atoms with Gasteiger partial charge in [0.05, 0.1) is 33.6 Å². The molecule has 0 atom stereocenters. The van der Waals surface area contributed by atoms with Crippen molar-refractivity contribution in [1.82, 2.24) is 4.57 Å². The number of fused-ring (bicyclic) bond motifs is 3. The first kappa shape index (κ1) is 23.2. The number of aryl methyl sites for hydroxylation is 1. The molecule has 3 aromatic rings. The van der Waals surface area contributed by atoms with Crippen LogP contribution in [0.2, 0.25) is 0 Å². The van der Waals surface area contributed by atoms with Crippen LogP contribution in [0.5, 0.6) is 23.0 Å². The molecule has 0 aliphatic carbocycles. The number of nitrogens with one attached hydrogen (secondary N) is 1. The summed E-state index contributed by atoms with van der Waals surface area (Å²) in [4.78, 5) is 0. The summed E-state index contributed by atoms with van der Waals surface area (Å²) >= 11 is 0. The predicted octanol–water partition coefficient (Wildman–Crippen LogP) is 4.93. The van der Waals surface area contributed by atoms with Crippen molar-refractivity contribution in [1.29, 1.82) is 10.7 Å². The van der Waals surface area contributed by atoms with Crippen molar-refractivity contribution >= 4 is 0 Å². The Kier molecular flexibility index (Phi) is 6.78. The van der Waals surface area contributed by atoms with E-state index < -0.39 is 0 Å². The average Bonchev–Trinajstić information content (AvgIpc) is 2.87. The molecule has 0 bridgehead atoms. The van der Waals surface area contributed by atoms with E-state index in [1.807, 2.05) is 41.0 Å². The number of hydrogen-bond donors (Lipinski definition) is 1. The highest BCUT2D eigenvalue weighted by atomic mass is 16.5. The number of rotatable bonds is 8. The molecule has 0 unspecified atom stereocenters. The highest BCUT2D eigenvalue weighted by Gasteiger charge is 2.23. The minimum atomic E-state index is 0.192. The third kappa shape index (κ3) is 4.08. The van der Waals surface area contributed by atoms with E-state index in [1.54, 1.807) is 21.3 Å². The second-order valence-electron chi connectivity index (χ2n) is 8.11. The average molecular weight is 460 g/mol. The lowest BCUT2D eigenvalue weighted by Crippen LogP contribution is -2.28. The zero-order valence-electron chi connectivity index (χ0n) is 20.0. The molecule has 4 rings (SSSR count). The molecule has 0 saturated heterocycles. The Bertz CT molecular complexity index is 1320. The summed E-state index contributed by atoms with van der Waals surface area (Å²) in [5.41, 5.74) is 4.94. The Morgan fingerprint density at radius 1 is 0.941 bits per heavy atom. The SMILES string of the molecule is CCCCOc1ccc(-c2cc3n(c(=N)c2C#N)CCc2cc(OC)c(OC)cc2-3)cc1OC. The van der Waals surface area contributed by atoms with Gasteiger partial charge in [-0.05, 0) is 54.3 Å².